The molecule has 2 aliphatic rings. The van der Waals surface area contributed by atoms with Gasteiger partial charge in [-0.3, -0.25) is 9.59 Å². The molecule has 2 aromatic carbocycles. The van der Waals surface area contributed by atoms with Gasteiger partial charge in [-0.05, 0) is 32.0 Å². The largest absolute Gasteiger partial charge is 0.478 e. The first-order valence-corrected chi connectivity index (χ1v) is 9.61. The lowest BCUT2D eigenvalue weighted by molar-refractivity contribution is -0.122. The second-order valence-electron chi connectivity index (χ2n) is 7.08. The van der Waals surface area contributed by atoms with Crippen LogP contribution in [0.25, 0.3) is 0 Å². The molecule has 0 bridgehead atoms. The Morgan fingerprint density at radius 3 is 2.75 bits per heavy atom. The topological polar surface area (TPSA) is 67.9 Å². The minimum absolute atomic E-state index is 0.0994. The molecule has 0 aliphatic carbocycles. The third kappa shape index (κ3) is 3.34. The van der Waals surface area contributed by atoms with Gasteiger partial charge >= 0.3 is 0 Å². The highest BCUT2D eigenvalue weighted by molar-refractivity contribution is 6.31. The SMILES string of the molecule is C[C@@H]1Oc2c(cccc2C(=O)N2C[C@H](c3ccccc3Cl)OC[C@H]2C)NC1=O. The molecule has 0 aromatic heterocycles. The van der Waals surface area contributed by atoms with Crippen LogP contribution < -0.4 is 10.1 Å². The monoisotopic (exact) mass is 400 g/mol. The number of amides is 2. The number of nitrogens with zero attached hydrogens (tertiary/aromatic N) is 1. The highest BCUT2D eigenvalue weighted by Crippen LogP contribution is 2.36. The molecule has 0 radical (unpaired) electrons. The fourth-order valence-electron chi connectivity index (χ4n) is 3.51. The molecule has 2 aromatic rings. The highest BCUT2D eigenvalue weighted by atomic mass is 35.5. The molecule has 2 aliphatic heterocycles. The molecule has 4 rings (SSSR count). The van der Waals surface area contributed by atoms with Gasteiger partial charge in [0.2, 0.25) is 0 Å². The molecule has 1 N–H and O–H groups in total. The molecular weight excluding hydrogens is 380 g/mol. The van der Waals surface area contributed by atoms with E-state index in [1.807, 2.05) is 31.2 Å². The zero-order valence-electron chi connectivity index (χ0n) is 15.6. The Bertz CT molecular complexity index is 932. The predicted molar refractivity (Wildman–Crippen MR) is 106 cm³/mol. The van der Waals surface area contributed by atoms with Gasteiger partial charge < -0.3 is 19.7 Å². The van der Waals surface area contributed by atoms with Crippen LogP contribution in [0.5, 0.6) is 5.75 Å². The third-order valence-electron chi connectivity index (χ3n) is 5.11. The molecular formula is C21H21ClN2O4. The molecule has 2 heterocycles. The number of hydrogen-bond acceptors (Lipinski definition) is 4. The molecule has 7 heteroatoms. The van der Waals surface area contributed by atoms with Crippen LogP contribution in [0.2, 0.25) is 5.02 Å². The number of fused-ring (bicyclic) bond motifs is 1. The van der Waals surface area contributed by atoms with Gasteiger partial charge in [-0.25, -0.2) is 0 Å². The second kappa shape index (κ2) is 7.45. The number of benzene rings is 2. The van der Waals surface area contributed by atoms with Crippen LogP contribution >= 0.6 is 11.6 Å². The number of carbonyl (C=O) groups is 2. The summed E-state index contributed by atoms with van der Waals surface area (Å²) in [4.78, 5) is 27.0. The Morgan fingerprint density at radius 2 is 1.96 bits per heavy atom. The number of para-hydroxylation sites is 1. The summed E-state index contributed by atoms with van der Waals surface area (Å²) >= 11 is 6.32. The van der Waals surface area contributed by atoms with Crippen molar-refractivity contribution < 1.29 is 19.1 Å². The van der Waals surface area contributed by atoms with E-state index >= 15 is 0 Å². The van der Waals surface area contributed by atoms with Gasteiger partial charge in [0.05, 0.1) is 30.4 Å². The molecule has 28 heavy (non-hydrogen) atoms. The Balaban J connectivity index is 1.63. The van der Waals surface area contributed by atoms with Crippen molar-refractivity contribution in [1.82, 2.24) is 4.90 Å². The summed E-state index contributed by atoms with van der Waals surface area (Å²) in [7, 11) is 0. The van der Waals surface area contributed by atoms with Crippen molar-refractivity contribution in [1.29, 1.82) is 0 Å². The summed E-state index contributed by atoms with van der Waals surface area (Å²) in [6.45, 7) is 4.39. The lowest BCUT2D eigenvalue weighted by Crippen LogP contribution is -2.48. The molecule has 0 unspecified atom stereocenters. The van der Waals surface area contributed by atoms with Crippen molar-refractivity contribution >= 4 is 29.1 Å². The molecule has 146 valence electrons. The number of morpholine rings is 1. The molecule has 1 fully saturated rings. The summed E-state index contributed by atoms with van der Waals surface area (Å²) in [6, 6.07) is 12.6. The van der Waals surface area contributed by atoms with Gasteiger partial charge in [0, 0.05) is 10.6 Å². The molecule has 2 amide bonds. The van der Waals surface area contributed by atoms with Gasteiger partial charge in [-0.15, -0.1) is 0 Å². The minimum atomic E-state index is -0.653. The van der Waals surface area contributed by atoms with E-state index < -0.39 is 6.10 Å². The first-order valence-electron chi connectivity index (χ1n) is 9.23. The van der Waals surface area contributed by atoms with Gasteiger partial charge in [-0.2, -0.15) is 0 Å². The van der Waals surface area contributed by atoms with E-state index in [-0.39, 0.29) is 24.0 Å². The Labute approximate surface area is 168 Å². The molecule has 1 saturated heterocycles. The first kappa shape index (κ1) is 18.8. The maximum absolute atomic E-state index is 13.4. The van der Waals surface area contributed by atoms with Gasteiger partial charge in [-0.1, -0.05) is 35.9 Å². The molecule has 0 saturated carbocycles. The predicted octanol–water partition coefficient (Wildman–Crippen LogP) is 3.66. The standard InChI is InChI=1S/C21H21ClN2O4/c1-12-11-27-18(14-6-3-4-8-16(14)22)10-24(12)21(26)15-7-5-9-17-19(15)28-13(2)20(25)23-17/h3-9,12-13,18H,10-11H2,1-2H3,(H,23,25)/t12-,13+,18-/m1/s1. The number of halogens is 1. The number of rotatable bonds is 2. The molecule has 3 atom stereocenters. The average Bonchev–Trinajstić information content (AvgIpc) is 2.69. The minimum Gasteiger partial charge on any atom is -0.478 e. The van der Waals surface area contributed by atoms with E-state index in [2.05, 4.69) is 5.32 Å². The quantitative estimate of drug-likeness (QED) is 0.835. The molecule has 6 nitrogen and oxygen atoms in total. The summed E-state index contributed by atoms with van der Waals surface area (Å²) in [5.74, 6) is 0.0243. The maximum Gasteiger partial charge on any atom is 0.265 e. The van der Waals surface area contributed by atoms with E-state index in [9.17, 15) is 9.59 Å². The molecule has 0 spiro atoms. The average molecular weight is 401 g/mol. The fraction of sp³-hybridized carbons (Fsp3) is 0.333. The number of ether oxygens (including phenoxy) is 2. The second-order valence-corrected chi connectivity index (χ2v) is 7.49. The summed E-state index contributed by atoms with van der Waals surface area (Å²) in [5, 5.41) is 3.40. The van der Waals surface area contributed by atoms with Crippen LogP contribution in [0.15, 0.2) is 42.5 Å². The van der Waals surface area contributed by atoms with Crippen LogP contribution in [-0.4, -0.2) is 42.0 Å². The van der Waals surface area contributed by atoms with Crippen LogP contribution in [0.3, 0.4) is 0 Å². The van der Waals surface area contributed by atoms with Crippen LogP contribution in [0, 0.1) is 0 Å². The van der Waals surface area contributed by atoms with Gasteiger partial charge in [0.15, 0.2) is 11.9 Å². The lowest BCUT2D eigenvalue weighted by Gasteiger charge is -2.39. The highest BCUT2D eigenvalue weighted by Gasteiger charge is 2.35. The summed E-state index contributed by atoms with van der Waals surface area (Å²) in [6.07, 6.45) is -0.952. The number of carbonyl (C=O) groups excluding carboxylic acids is 2. The fourth-order valence-corrected chi connectivity index (χ4v) is 3.77. The van der Waals surface area contributed by atoms with Crippen LogP contribution in [0.4, 0.5) is 5.69 Å². The van der Waals surface area contributed by atoms with Crippen molar-refractivity contribution in [2.24, 2.45) is 0 Å². The summed E-state index contributed by atoms with van der Waals surface area (Å²) < 4.78 is 11.7. The van der Waals surface area contributed by atoms with Crippen LogP contribution in [0.1, 0.15) is 35.9 Å². The smallest absolute Gasteiger partial charge is 0.265 e. The van der Waals surface area contributed by atoms with E-state index in [4.69, 9.17) is 21.1 Å². The van der Waals surface area contributed by atoms with E-state index in [1.165, 1.54) is 0 Å². The summed E-state index contributed by atoms with van der Waals surface area (Å²) in [5.41, 5.74) is 1.80. The third-order valence-corrected chi connectivity index (χ3v) is 5.46. The van der Waals surface area contributed by atoms with Crippen LogP contribution in [-0.2, 0) is 9.53 Å². The number of anilines is 1. The van der Waals surface area contributed by atoms with Crippen molar-refractivity contribution in [3.63, 3.8) is 0 Å². The van der Waals surface area contributed by atoms with Crippen molar-refractivity contribution in [2.45, 2.75) is 32.1 Å². The van der Waals surface area contributed by atoms with E-state index in [0.717, 1.165) is 5.56 Å². The Hall–Kier alpha value is -2.57. The van der Waals surface area contributed by atoms with Crippen molar-refractivity contribution in [2.75, 3.05) is 18.5 Å². The van der Waals surface area contributed by atoms with Crippen molar-refractivity contribution in [3.8, 4) is 5.75 Å². The number of hydrogen-bond donors (Lipinski definition) is 1. The lowest BCUT2D eigenvalue weighted by atomic mass is 10.0. The number of nitrogens with one attached hydrogen (secondary N) is 1. The van der Waals surface area contributed by atoms with E-state index in [1.54, 1.807) is 30.0 Å². The normalized spacial score (nSPS) is 24.2. The zero-order chi connectivity index (χ0) is 19.8. The Kier molecular flexibility index (Phi) is 5.00. The zero-order valence-corrected chi connectivity index (χ0v) is 16.4. The van der Waals surface area contributed by atoms with Gasteiger partial charge in [0.1, 0.15) is 6.10 Å². The Morgan fingerprint density at radius 1 is 1.18 bits per heavy atom. The van der Waals surface area contributed by atoms with E-state index in [0.29, 0.717) is 35.2 Å². The van der Waals surface area contributed by atoms with Gasteiger partial charge in [0.25, 0.3) is 11.8 Å². The maximum atomic E-state index is 13.4. The first-order chi connectivity index (χ1) is 13.5. The van der Waals surface area contributed by atoms with Crippen molar-refractivity contribution in [3.05, 3.63) is 58.6 Å².